The lowest BCUT2D eigenvalue weighted by atomic mass is 10.1. The summed E-state index contributed by atoms with van der Waals surface area (Å²) < 4.78 is 0. The van der Waals surface area contributed by atoms with E-state index in [-0.39, 0.29) is 11.8 Å². The molecule has 1 heterocycles. The number of hydrogen-bond acceptors (Lipinski definition) is 3. The SMILES string of the molecule is CC(NCc1cccs1)c1ccc(NC(=O)C2CC2)cc1. The zero-order valence-electron chi connectivity index (χ0n) is 12.1. The number of rotatable bonds is 6. The Balaban J connectivity index is 1.53. The molecule has 1 atom stereocenters. The largest absolute Gasteiger partial charge is 0.326 e. The molecule has 2 aromatic rings. The first-order chi connectivity index (χ1) is 10.2. The van der Waals surface area contributed by atoms with Crippen LogP contribution in [0.15, 0.2) is 41.8 Å². The lowest BCUT2D eigenvalue weighted by Crippen LogP contribution is -2.17. The summed E-state index contributed by atoms with van der Waals surface area (Å²) in [5.41, 5.74) is 2.12. The third-order valence-corrected chi connectivity index (χ3v) is 4.67. The molecule has 1 aromatic carbocycles. The highest BCUT2D eigenvalue weighted by molar-refractivity contribution is 7.09. The number of benzene rings is 1. The number of anilines is 1. The predicted molar refractivity (Wildman–Crippen MR) is 87.4 cm³/mol. The summed E-state index contributed by atoms with van der Waals surface area (Å²) in [6, 6.07) is 12.6. The minimum atomic E-state index is 0.159. The first-order valence-corrected chi connectivity index (χ1v) is 8.27. The summed E-state index contributed by atoms with van der Waals surface area (Å²) in [6.45, 7) is 3.05. The monoisotopic (exact) mass is 300 g/mol. The van der Waals surface area contributed by atoms with Gasteiger partial charge in [-0.05, 0) is 48.9 Å². The Kier molecular flexibility index (Phi) is 4.36. The van der Waals surface area contributed by atoms with Crippen LogP contribution in [0.2, 0.25) is 0 Å². The van der Waals surface area contributed by atoms with Crippen molar-refractivity contribution in [3.63, 3.8) is 0 Å². The van der Waals surface area contributed by atoms with Crippen molar-refractivity contribution in [1.29, 1.82) is 0 Å². The van der Waals surface area contributed by atoms with Crippen molar-refractivity contribution in [1.82, 2.24) is 5.32 Å². The van der Waals surface area contributed by atoms with Gasteiger partial charge in [-0.2, -0.15) is 0 Å². The average molecular weight is 300 g/mol. The smallest absolute Gasteiger partial charge is 0.227 e. The second kappa shape index (κ2) is 6.41. The molecular formula is C17H20N2OS. The van der Waals surface area contributed by atoms with Crippen LogP contribution in [0.25, 0.3) is 0 Å². The number of carbonyl (C=O) groups excluding carboxylic acids is 1. The van der Waals surface area contributed by atoms with Gasteiger partial charge in [-0.15, -0.1) is 11.3 Å². The number of amides is 1. The van der Waals surface area contributed by atoms with Gasteiger partial charge in [-0.1, -0.05) is 18.2 Å². The molecule has 3 rings (SSSR count). The van der Waals surface area contributed by atoms with E-state index in [1.54, 1.807) is 11.3 Å². The molecule has 110 valence electrons. The molecule has 0 aliphatic heterocycles. The molecule has 0 saturated heterocycles. The zero-order valence-corrected chi connectivity index (χ0v) is 13.0. The summed E-state index contributed by atoms with van der Waals surface area (Å²) in [5.74, 6) is 0.405. The maximum Gasteiger partial charge on any atom is 0.227 e. The van der Waals surface area contributed by atoms with Crippen LogP contribution in [0.3, 0.4) is 0 Å². The molecule has 1 aliphatic rings. The highest BCUT2D eigenvalue weighted by Crippen LogP contribution is 2.30. The van der Waals surface area contributed by atoms with Crippen molar-refractivity contribution >= 4 is 22.9 Å². The van der Waals surface area contributed by atoms with Gasteiger partial charge in [0.1, 0.15) is 0 Å². The Labute approximate surface area is 129 Å². The quantitative estimate of drug-likeness (QED) is 0.848. The third kappa shape index (κ3) is 3.93. The van der Waals surface area contributed by atoms with Crippen LogP contribution in [-0.4, -0.2) is 5.91 Å². The van der Waals surface area contributed by atoms with E-state index < -0.39 is 0 Å². The lowest BCUT2D eigenvalue weighted by molar-refractivity contribution is -0.117. The van der Waals surface area contributed by atoms with Crippen LogP contribution < -0.4 is 10.6 Å². The van der Waals surface area contributed by atoms with Gasteiger partial charge >= 0.3 is 0 Å². The summed E-state index contributed by atoms with van der Waals surface area (Å²) in [5, 5.41) is 8.58. The van der Waals surface area contributed by atoms with Crippen molar-refractivity contribution in [3.05, 3.63) is 52.2 Å². The molecule has 1 aromatic heterocycles. The second-order valence-corrected chi connectivity index (χ2v) is 6.60. The molecule has 1 saturated carbocycles. The molecule has 21 heavy (non-hydrogen) atoms. The van der Waals surface area contributed by atoms with Gasteiger partial charge in [0.05, 0.1) is 0 Å². The highest BCUT2D eigenvalue weighted by Gasteiger charge is 2.29. The van der Waals surface area contributed by atoms with E-state index in [0.29, 0.717) is 6.04 Å². The van der Waals surface area contributed by atoms with E-state index in [2.05, 4.69) is 47.2 Å². The maximum atomic E-state index is 11.7. The fourth-order valence-corrected chi connectivity index (χ4v) is 2.89. The molecule has 1 unspecified atom stereocenters. The fourth-order valence-electron chi connectivity index (χ4n) is 2.23. The van der Waals surface area contributed by atoms with Crippen LogP contribution in [0.4, 0.5) is 5.69 Å². The van der Waals surface area contributed by atoms with Gasteiger partial charge in [0.25, 0.3) is 0 Å². The van der Waals surface area contributed by atoms with Crippen LogP contribution in [-0.2, 0) is 11.3 Å². The zero-order chi connectivity index (χ0) is 14.7. The molecular weight excluding hydrogens is 280 g/mol. The van der Waals surface area contributed by atoms with Crippen molar-refractivity contribution in [2.24, 2.45) is 5.92 Å². The highest BCUT2D eigenvalue weighted by atomic mass is 32.1. The summed E-state index contributed by atoms with van der Waals surface area (Å²) >= 11 is 1.77. The summed E-state index contributed by atoms with van der Waals surface area (Å²) in [4.78, 5) is 13.0. The Morgan fingerprint density at radius 1 is 1.29 bits per heavy atom. The van der Waals surface area contributed by atoms with Gasteiger partial charge in [0, 0.05) is 29.1 Å². The van der Waals surface area contributed by atoms with Crippen LogP contribution >= 0.6 is 11.3 Å². The van der Waals surface area contributed by atoms with E-state index in [1.165, 1.54) is 10.4 Å². The minimum Gasteiger partial charge on any atom is -0.326 e. The van der Waals surface area contributed by atoms with Gasteiger partial charge < -0.3 is 10.6 Å². The molecule has 3 nitrogen and oxygen atoms in total. The Morgan fingerprint density at radius 3 is 2.67 bits per heavy atom. The van der Waals surface area contributed by atoms with Crippen LogP contribution in [0.1, 0.15) is 36.2 Å². The van der Waals surface area contributed by atoms with E-state index >= 15 is 0 Å². The van der Waals surface area contributed by atoms with Gasteiger partial charge in [0.15, 0.2) is 0 Å². The second-order valence-electron chi connectivity index (χ2n) is 5.57. The minimum absolute atomic E-state index is 0.159. The molecule has 2 N–H and O–H groups in total. The maximum absolute atomic E-state index is 11.7. The van der Waals surface area contributed by atoms with Crippen molar-refractivity contribution < 1.29 is 4.79 Å². The first kappa shape index (κ1) is 14.3. The molecule has 1 amide bonds. The molecule has 1 fully saturated rings. The molecule has 1 aliphatic carbocycles. The van der Waals surface area contributed by atoms with Gasteiger partial charge in [-0.3, -0.25) is 4.79 Å². The first-order valence-electron chi connectivity index (χ1n) is 7.39. The van der Waals surface area contributed by atoms with Crippen molar-refractivity contribution in [2.75, 3.05) is 5.32 Å². The normalized spacial score (nSPS) is 15.7. The van der Waals surface area contributed by atoms with Gasteiger partial charge in [-0.25, -0.2) is 0 Å². The number of nitrogens with one attached hydrogen (secondary N) is 2. The summed E-state index contributed by atoms with van der Waals surface area (Å²) in [7, 11) is 0. The molecule has 0 radical (unpaired) electrons. The number of carbonyl (C=O) groups is 1. The van der Waals surface area contributed by atoms with E-state index in [1.807, 2.05) is 12.1 Å². The Morgan fingerprint density at radius 2 is 2.05 bits per heavy atom. The fraction of sp³-hybridized carbons (Fsp3) is 0.353. The van der Waals surface area contributed by atoms with Crippen LogP contribution in [0, 0.1) is 5.92 Å². The Hall–Kier alpha value is -1.65. The predicted octanol–water partition coefficient (Wildman–Crippen LogP) is 3.95. The van der Waals surface area contributed by atoms with Crippen molar-refractivity contribution in [2.45, 2.75) is 32.4 Å². The lowest BCUT2D eigenvalue weighted by Gasteiger charge is -2.14. The van der Waals surface area contributed by atoms with E-state index in [9.17, 15) is 4.79 Å². The average Bonchev–Trinajstić information content (AvgIpc) is 3.23. The molecule has 0 bridgehead atoms. The third-order valence-electron chi connectivity index (χ3n) is 3.79. The summed E-state index contributed by atoms with van der Waals surface area (Å²) in [6.07, 6.45) is 2.07. The topological polar surface area (TPSA) is 41.1 Å². The Bertz CT molecular complexity index is 588. The van der Waals surface area contributed by atoms with E-state index in [4.69, 9.17) is 0 Å². The molecule has 4 heteroatoms. The van der Waals surface area contributed by atoms with Gasteiger partial charge in [0.2, 0.25) is 5.91 Å². The van der Waals surface area contributed by atoms with Crippen LogP contribution in [0.5, 0.6) is 0 Å². The number of thiophene rings is 1. The molecule has 0 spiro atoms. The standard InChI is InChI=1S/C17H20N2OS/c1-12(18-11-16-3-2-10-21-16)13-6-8-15(9-7-13)19-17(20)14-4-5-14/h2-3,6-10,12,14,18H,4-5,11H2,1H3,(H,19,20). The van der Waals surface area contributed by atoms with E-state index in [0.717, 1.165) is 25.1 Å². The number of hydrogen-bond donors (Lipinski definition) is 2. The van der Waals surface area contributed by atoms with Crippen molar-refractivity contribution in [3.8, 4) is 0 Å².